The molecule has 1 aliphatic heterocycles. The molecular formula is C16H19NO5. The standard InChI is InChI=1S/C16H19NO5/c1-8-5-10(18)15-13(22-8)6-11(19)14(16(15)21)9-3-4-17(2)7-12(9)20/h5-6,9,12,19-21H,3-4,7H2,1-2H3/t9-,12+/m0/s1. The molecule has 1 saturated heterocycles. The third kappa shape index (κ3) is 2.34. The second kappa shape index (κ2) is 5.30. The molecule has 2 heterocycles. The molecule has 22 heavy (non-hydrogen) atoms. The zero-order valence-corrected chi connectivity index (χ0v) is 12.5. The number of fused-ring (bicyclic) bond motifs is 1. The predicted octanol–water partition coefficient (Wildman–Crippen LogP) is 1.29. The third-order valence-corrected chi connectivity index (χ3v) is 4.29. The molecule has 0 radical (unpaired) electrons. The summed E-state index contributed by atoms with van der Waals surface area (Å²) in [6.45, 7) is 2.81. The van der Waals surface area contributed by atoms with Crippen LogP contribution in [0.1, 0.15) is 23.7 Å². The third-order valence-electron chi connectivity index (χ3n) is 4.29. The van der Waals surface area contributed by atoms with Gasteiger partial charge in [-0.15, -0.1) is 0 Å². The average molecular weight is 305 g/mol. The minimum Gasteiger partial charge on any atom is -0.507 e. The van der Waals surface area contributed by atoms with Crippen LogP contribution in [0.15, 0.2) is 21.3 Å². The highest BCUT2D eigenvalue weighted by Crippen LogP contribution is 2.42. The molecule has 0 amide bonds. The predicted molar refractivity (Wildman–Crippen MR) is 81.4 cm³/mol. The molecule has 1 aromatic carbocycles. The van der Waals surface area contributed by atoms with E-state index in [2.05, 4.69) is 0 Å². The van der Waals surface area contributed by atoms with Crippen LogP contribution in [0, 0.1) is 6.92 Å². The zero-order valence-electron chi connectivity index (χ0n) is 12.5. The van der Waals surface area contributed by atoms with Crippen LogP contribution in [0.25, 0.3) is 11.0 Å². The Labute approximate surface area is 127 Å². The van der Waals surface area contributed by atoms with E-state index in [-0.39, 0.29) is 33.5 Å². The van der Waals surface area contributed by atoms with E-state index >= 15 is 0 Å². The SMILES string of the molecule is Cc1cc(=O)c2c(O)c([C@H]3CCN(C)C[C@H]3O)c(O)cc2o1. The number of piperidine rings is 1. The van der Waals surface area contributed by atoms with Gasteiger partial charge >= 0.3 is 0 Å². The number of aliphatic hydroxyl groups is 1. The Hall–Kier alpha value is -2.05. The summed E-state index contributed by atoms with van der Waals surface area (Å²) in [4.78, 5) is 14.1. The van der Waals surface area contributed by atoms with Gasteiger partial charge in [0, 0.05) is 30.2 Å². The molecule has 1 aliphatic rings. The fourth-order valence-electron chi connectivity index (χ4n) is 3.22. The van der Waals surface area contributed by atoms with Gasteiger partial charge in [-0.1, -0.05) is 0 Å². The fraction of sp³-hybridized carbons (Fsp3) is 0.438. The van der Waals surface area contributed by atoms with Gasteiger partial charge in [0.2, 0.25) is 0 Å². The number of aliphatic hydroxyl groups excluding tert-OH is 1. The van der Waals surface area contributed by atoms with Crippen LogP contribution >= 0.6 is 0 Å². The number of nitrogens with zero attached hydrogens (tertiary/aromatic N) is 1. The van der Waals surface area contributed by atoms with Crippen molar-refractivity contribution in [3.05, 3.63) is 33.7 Å². The lowest BCUT2D eigenvalue weighted by atomic mass is 9.85. The second-order valence-electron chi connectivity index (χ2n) is 5.98. The van der Waals surface area contributed by atoms with E-state index in [9.17, 15) is 20.1 Å². The highest BCUT2D eigenvalue weighted by Gasteiger charge is 2.32. The van der Waals surface area contributed by atoms with Gasteiger partial charge in [0.25, 0.3) is 0 Å². The number of rotatable bonds is 1. The van der Waals surface area contributed by atoms with Crippen LogP contribution in [-0.4, -0.2) is 46.5 Å². The maximum absolute atomic E-state index is 12.1. The number of benzene rings is 1. The van der Waals surface area contributed by atoms with Gasteiger partial charge in [-0.2, -0.15) is 0 Å². The lowest BCUT2D eigenvalue weighted by molar-refractivity contribution is 0.0621. The Bertz CT molecular complexity index is 782. The van der Waals surface area contributed by atoms with Crippen LogP contribution in [0.4, 0.5) is 0 Å². The first-order chi connectivity index (χ1) is 10.4. The van der Waals surface area contributed by atoms with Crippen molar-refractivity contribution in [3.8, 4) is 11.5 Å². The van der Waals surface area contributed by atoms with Crippen molar-refractivity contribution in [2.75, 3.05) is 20.1 Å². The highest BCUT2D eigenvalue weighted by molar-refractivity contribution is 5.87. The van der Waals surface area contributed by atoms with E-state index in [4.69, 9.17) is 4.42 Å². The van der Waals surface area contributed by atoms with Gasteiger partial charge in [-0.25, -0.2) is 0 Å². The number of aryl methyl sites for hydroxylation is 1. The van der Waals surface area contributed by atoms with Crippen molar-refractivity contribution in [2.45, 2.75) is 25.4 Å². The normalized spacial score (nSPS) is 23.0. The second-order valence-corrected chi connectivity index (χ2v) is 5.98. The van der Waals surface area contributed by atoms with Crippen molar-refractivity contribution >= 4 is 11.0 Å². The van der Waals surface area contributed by atoms with Gasteiger partial charge < -0.3 is 24.6 Å². The summed E-state index contributed by atoms with van der Waals surface area (Å²) in [7, 11) is 1.90. The molecule has 1 aromatic heterocycles. The van der Waals surface area contributed by atoms with E-state index < -0.39 is 12.0 Å². The molecule has 0 saturated carbocycles. The van der Waals surface area contributed by atoms with E-state index in [0.29, 0.717) is 18.7 Å². The lowest BCUT2D eigenvalue weighted by Gasteiger charge is -2.34. The van der Waals surface area contributed by atoms with E-state index in [1.807, 2.05) is 11.9 Å². The summed E-state index contributed by atoms with van der Waals surface area (Å²) >= 11 is 0. The van der Waals surface area contributed by atoms with Gasteiger partial charge in [-0.05, 0) is 26.9 Å². The molecule has 2 atom stereocenters. The van der Waals surface area contributed by atoms with Crippen LogP contribution < -0.4 is 5.43 Å². The zero-order chi connectivity index (χ0) is 16.0. The Morgan fingerprint density at radius 2 is 2.05 bits per heavy atom. The number of aromatic hydroxyl groups is 2. The molecule has 6 heteroatoms. The Kier molecular flexibility index (Phi) is 3.58. The number of hydrogen-bond donors (Lipinski definition) is 3. The number of phenols is 2. The van der Waals surface area contributed by atoms with Crippen molar-refractivity contribution in [2.24, 2.45) is 0 Å². The first-order valence-electron chi connectivity index (χ1n) is 7.24. The molecule has 1 fully saturated rings. The van der Waals surface area contributed by atoms with Crippen LogP contribution in [-0.2, 0) is 0 Å². The highest BCUT2D eigenvalue weighted by atomic mass is 16.3. The van der Waals surface area contributed by atoms with Gasteiger partial charge in [0.15, 0.2) is 5.43 Å². The smallest absolute Gasteiger partial charge is 0.196 e. The van der Waals surface area contributed by atoms with Crippen LogP contribution in [0.3, 0.4) is 0 Å². The molecule has 0 bridgehead atoms. The topological polar surface area (TPSA) is 94.1 Å². The molecule has 0 spiro atoms. The van der Waals surface area contributed by atoms with E-state index in [1.54, 1.807) is 6.92 Å². The quantitative estimate of drug-likeness (QED) is 0.735. The molecule has 2 aromatic rings. The molecule has 0 unspecified atom stereocenters. The van der Waals surface area contributed by atoms with Crippen molar-refractivity contribution in [1.82, 2.24) is 4.90 Å². The molecular weight excluding hydrogens is 286 g/mol. The van der Waals surface area contributed by atoms with Gasteiger partial charge in [-0.3, -0.25) is 4.79 Å². The largest absolute Gasteiger partial charge is 0.507 e. The molecule has 118 valence electrons. The average Bonchev–Trinajstić information content (AvgIpc) is 2.39. The van der Waals surface area contributed by atoms with Gasteiger partial charge in [0.1, 0.15) is 28.2 Å². The van der Waals surface area contributed by atoms with Crippen LogP contribution in [0.5, 0.6) is 11.5 Å². The summed E-state index contributed by atoms with van der Waals surface area (Å²) < 4.78 is 5.40. The fourth-order valence-corrected chi connectivity index (χ4v) is 3.22. The summed E-state index contributed by atoms with van der Waals surface area (Å²) in [5.74, 6) is -0.464. The number of likely N-dealkylation sites (tertiary alicyclic amines) is 1. The first kappa shape index (κ1) is 14.9. The molecule has 3 rings (SSSR count). The van der Waals surface area contributed by atoms with Crippen LogP contribution in [0.2, 0.25) is 0 Å². The number of β-amino-alcohol motifs (C(OH)–C–C–N with tert-alkyl or cyclic N) is 1. The minimum atomic E-state index is -0.717. The Morgan fingerprint density at radius 1 is 1.32 bits per heavy atom. The summed E-state index contributed by atoms with van der Waals surface area (Å²) in [6.07, 6.45) is -0.132. The van der Waals surface area contributed by atoms with Crippen molar-refractivity contribution in [1.29, 1.82) is 0 Å². The summed E-state index contributed by atoms with van der Waals surface area (Å²) in [5.41, 5.74) is 0.00957. The first-order valence-corrected chi connectivity index (χ1v) is 7.24. The Morgan fingerprint density at radius 3 is 2.73 bits per heavy atom. The van der Waals surface area contributed by atoms with E-state index in [0.717, 1.165) is 6.54 Å². The number of hydrogen-bond acceptors (Lipinski definition) is 6. The van der Waals surface area contributed by atoms with Crippen molar-refractivity contribution in [3.63, 3.8) is 0 Å². The van der Waals surface area contributed by atoms with E-state index in [1.165, 1.54) is 12.1 Å². The van der Waals surface area contributed by atoms with Crippen molar-refractivity contribution < 1.29 is 19.7 Å². The maximum Gasteiger partial charge on any atom is 0.196 e. The Balaban J connectivity index is 2.20. The lowest BCUT2D eigenvalue weighted by Crippen LogP contribution is -2.40. The number of phenolic OH excluding ortho intramolecular Hbond substituents is 2. The minimum absolute atomic E-state index is 0.0459. The monoisotopic (exact) mass is 305 g/mol. The molecule has 0 aliphatic carbocycles. The summed E-state index contributed by atoms with van der Waals surface area (Å²) in [5, 5.41) is 31.1. The molecule has 6 nitrogen and oxygen atoms in total. The number of likely N-dealkylation sites (N-methyl/N-ethyl adjacent to an activating group) is 1. The van der Waals surface area contributed by atoms with Gasteiger partial charge in [0.05, 0.1) is 6.10 Å². The summed E-state index contributed by atoms with van der Waals surface area (Å²) in [6, 6.07) is 2.64. The molecule has 3 N–H and O–H groups in total. The maximum atomic E-state index is 12.1.